The van der Waals surface area contributed by atoms with Gasteiger partial charge < -0.3 is 14.8 Å². The summed E-state index contributed by atoms with van der Waals surface area (Å²) in [5.41, 5.74) is 3.27. The maximum absolute atomic E-state index is 5.84. The lowest BCUT2D eigenvalue weighted by atomic mass is 10.1. The van der Waals surface area contributed by atoms with Gasteiger partial charge in [-0.1, -0.05) is 30.3 Å². The van der Waals surface area contributed by atoms with Crippen LogP contribution >= 0.6 is 11.3 Å². The highest BCUT2D eigenvalue weighted by Crippen LogP contribution is 2.28. The van der Waals surface area contributed by atoms with Crippen LogP contribution in [0.2, 0.25) is 0 Å². The highest BCUT2D eigenvalue weighted by Gasteiger charge is 2.18. The summed E-state index contributed by atoms with van der Waals surface area (Å²) in [6, 6.07) is 18.5. The van der Waals surface area contributed by atoms with E-state index >= 15 is 0 Å². The summed E-state index contributed by atoms with van der Waals surface area (Å²) in [6.07, 6.45) is 0. The SMILES string of the molecule is c1ccc(COc2ccc(-c3csc(C4COCCN4)n3)cc2)cc1. The molecular weight excluding hydrogens is 332 g/mol. The molecule has 0 spiro atoms. The van der Waals surface area contributed by atoms with Gasteiger partial charge in [0.1, 0.15) is 17.4 Å². The first-order chi connectivity index (χ1) is 12.4. The molecule has 0 amide bonds. The fourth-order valence-corrected chi connectivity index (χ4v) is 3.65. The van der Waals surface area contributed by atoms with Gasteiger partial charge in [-0.2, -0.15) is 0 Å². The molecule has 0 saturated carbocycles. The Labute approximate surface area is 151 Å². The Hall–Kier alpha value is -2.21. The van der Waals surface area contributed by atoms with Crippen LogP contribution in [-0.4, -0.2) is 24.7 Å². The monoisotopic (exact) mass is 352 g/mol. The third-order valence-electron chi connectivity index (χ3n) is 4.14. The molecule has 1 atom stereocenters. The van der Waals surface area contributed by atoms with Crippen LogP contribution in [0.1, 0.15) is 16.6 Å². The number of morpholine rings is 1. The molecule has 1 N–H and O–H groups in total. The normalized spacial score (nSPS) is 17.4. The predicted molar refractivity (Wildman–Crippen MR) is 99.9 cm³/mol. The molecule has 0 bridgehead atoms. The topological polar surface area (TPSA) is 43.4 Å². The number of aromatic nitrogens is 1. The third kappa shape index (κ3) is 4.07. The lowest BCUT2D eigenvalue weighted by Gasteiger charge is -2.21. The van der Waals surface area contributed by atoms with Crippen LogP contribution in [0.4, 0.5) is 0 Å². The van der Waals surface area contributed by atoms with Crippen molar-refractivity contribution < 1.29 is 9.47 Å². The van der Waals surface area contributed by atoms with Crippen molar-refractivity contribution in [2.24, 2.45) is 0 Å². The van der Waals surface area contributed by atoms with E-state index in [0.29, 0.717) is 13.2 Å². The Morgan fingerprint density at radius 2 is 1.96 bits per heavy atom. The molecule has 2 heterocycles. The Bertz CT molecular complexity index is 796. The summed E-state index contributed by atoms with van der Waals surface area (Å²) in [4.78, 5) is 4.76. The van der Waals surface area contributed by atoms with Gasteiger partial charge in [0.2, 0.25) is 0 Å². The molecule has 2 aromatic carbocycles. The number of rotatable bonds is 5. The van der Waals surface area contributed by atoms with Crippen LogP contribution in [0.3, 0.4) is 0 Å². The standard InChI is InChI=1S/C20H20N2O2S/c1-2-4-15(5-3-1)12-24-17-8-6-16(7-9-17)19-14-25-20(22-19)18-13-23-11-10-21-18/h1-9,14,18,21H,10-13H2. The Kier molecular flexibility index (Phi) is 5.06. The van der Waals surface area contributed by atoms with Gasteiger partial charge in [-0.05, 0) is 29.8 Å². The van der Waals surface area contributed by atoms with Gasteiger partial charge in [0, 0.05) is 17.5 Å². The average Bonchev–Trinajstić information content (AvgIpc) is 3.19. The number of nitrogens with zero attached hydrogens (tertiary/aromatic N) is 1. The minimum Gasteiger partial charge on any atom is -0.489 e. The van der Waals surface area contributed by atoms with E-state index in [0.717, 1.165) is 40.7 Å². The van der Waals surface area contributed by atoms with E-state index < -0.39 is 0 Å². The molecule has 4 nitrogen and oxygen atoms in total. The minimum absolute atomic E-state index is 0.209. The zero-order valence-electron chi connectivity index (χ0n) is 13.9. The summed E-state index contributed by atoms with van der Waals surface area (Å²) in [7, 11) is 0. The summed E-state index contributed by atoms with van der Waals surface area (Å²) >= 11 is 1.68. The Balaban J connectivity index is 1.40. The number of ether oxygens (including phenoxy) is 2. The van der Waals surface area contributed by atoms with E-state index in [4.69, 9.17) is 14.5 Å². The van der Waals surface area contributed by atoms with E-state index in [2.05, 4.69) is 35.0 Å². The van der Waals surface area contributed by atoms with Crippen molar-refractivity contribution in [2.75, 3.05) is 19.8 Å². The van der Waals surface area contributed by atoms with Gasteiger partial charge in [-0.25, -0.2) is 4.98 Å². The molecule has 1 aromatic heterocycles. The molecule has 0 radical (unpaired) electrons. The number of hydrogen-bond donors (Lipinski definition) is 1. The smallest absolute Gasteiger partial charge is 0.119 e. The lowest BCUT2D eigenvalue weighted by Crippen LogP contribution is -2.34. The molecule has 1 unspecified atom stereocenters. The highest BCUT2D eigenvalue weighted by atomic mass is 32.1. The first-order valence-corrected chi connectivity index (χ1v) is 9.30. The largest absolute Gasteiger partial charge is 0.489 e. The molecule has 5 heteroatoms. The van der Waals surface area contributed by atoms with E-state index in [9.17, 15) is 0 Å². The molecule has 25 heavy (non-hydrogen) atoms. The first kappa shape index (κ1) is 16.3. The molecule has 1 aliphatic rings. The van der Waals surface area contributed by atoms with Crippen molar-refractivity contribution in [3.8, 4) is 17.0 Å². The molecule has 1 saturated heterocycles. The second-order valence-corrected chi connectivity index (χ2v) is 6.84. The van der Waals surface area contributed by atoms with Crippen molar-refractivity contribution in [1.82, 2.24) is 10.3 Å². The summed E-state index contributed by atoms with van der Waals surface area (Å²) in [5.74, 6) is 0.866. The second-order valence-electron chi connectivity index (χ2n) is 5.95. The van der Waals surface area contributed by atoms with Crippen LogP contribution in [-0.2, 0) is 11.3 Å². The zero-order chi connectivity index (χ0) is 16.9. The van der Waals surface area contributed by atoms with Gasteiger partial charge in [-0.3, -0.25) is 0 Å². The maximum Gasteiger partial charge on any atom is 0.119 e. The Morgan fingerprint density at radius 3 is 2.72 bits per heavy atom. The summed E-state index contributed by atoms with van der Waals surface area (Å²) in [5, 5.41) is 6.63. The zero-order valence-corrected chi connectivity index (χ0v) is 14.7. The van der Waals surface area contributed by atoms with Gasteiger partial charge in [0.25, 0.3) is 0 Å². The number of thiazole rings is 1. The fraction of sp³-hybridized carbons (Fsp3) is 0.250. The van der Waals surface area contributed by atoms with E-state index in [1.165, 1.54) is 0 Å². The van der Waals surface area contributed by atoms with E-state index in [1.54, 1.807) is 11.3 Å². The van der Waals surface area contributed by atoms with Crippen LogP contribution < -0.4 is 10.1 Å². The van der Waals surface area contributed by atoms with Crippen LogP contribution in [0.15, 0.2) is 60.0 Å². The van der Waals surface area contributed by atoms with Crippen LogP contribution in [0.25, 0.3) is 11.3 Å². The molecule has 128 valence electrons. The van der Waals surface area contributed by atoms with E-state index in [-0.39, 0.29) is 6.04 Å². The third-order valence-corrected chi connectivity index (χ3v) is 5.10. The molecule has 1 aliphatic heterocycles. The Morgan fingerprint density at radius 1 is 1.12 bits per heavy atom. The van der Waals surface area contributed by atoms with Crippen molar-refractivity contribution in [1.29, 1.82) is 0 Å². The molecule has 3 aromatic rings. The maximum atomic E-state index is 5.84. The van der Waals surface area contributed by atoms with Crippen LogP contribution in [0.5, 0.6) is 5.75 Å². The second kappa shape index (κ2) is 7.78. The molecule has 4 rings (SSSR count). The number of hydrogen-bond acceptors (Lipinski definition) is 5. The summed E-state index contributed by atoms with van der Waals surface area (Å²) in [6.45, 7) is 2.93. The number of nitrogens with one attached hydrogen (secondary N) is 1. The molecule has 0 aliphatic carbocycles. The van der Waals surface area contributed by atoms with Crippen molar-refractivity contribution in [3.05, 3.63) is 70.5 Å². The van der Waals surface area contributed by atoms with Gasteiger partial charge in [0.15, 0.2) is 0 Å². The minimum atomic E-state index is 0.209. The van der Waals surface area contributed by atoms with Crippen molar-refractivity contribution in [2.45, 2.75) is 12.6 Å². The molecular formula is C20H20N2O2S. The highest BCUT2D eigenvalue weighted by molar-refractivity contribution is 7.10. The summed E-state index contributed by atoms with van der Waals surface area (Å²) < 4.78 is 11.4. The van der Waals surface area contributed by atoms with Gasteiger partial charge in [0.05, 0.1) is 24.9 Å². The number of benzene rings is 2. The van der Waals surface area contributed by atoms with E-state index in [1.807, 2.05) is 30.3 Å². The van der Waals surface area contributed by atoms with Crippen molar-refractivity contribution >= 4 is 11.3 Å². The first-order valence-electron chi connectivity index (χ1n) is 8.42. The van der Waals surface area contributed by atoms with Crippen molar-refractivity contribution in [3.63, 3.8) is 0 Å². The average molecular weight is 352 g/mol. The fourth-order valence-electron chi connectivity index (χ4n) is 2.77. The predicted octanol–water partition coefficient (Wildman–Crippen LogP) is 4.05. The quantitative estimate of drug-likeness (QED) is 0.752. The van der Waals surface area contributed by atoms with Gasteiger partial charge in [-0.15, -0.1) is 11.3 Å². The van der Waals surface area contributed by atoms with Gasteiger partial charge >= 0.3 is 0 Å². The molecule has 1 fully saturated rings. The van der Waals surface area contributed by atoms with Crippen LogP contribution in [0, 0.1) is 0 Å². The lowest BCUT2D eigenvalue weighted by molar-refractivity contribution is 0.0768.